The summed E-state index contributed by atoms with van der Waals surface area (Å²) in [7, 11) is -7.40. The zero-order valence-corrected chi connectivity index (χ0v) is 18.4. The van der Waals surface area contributed by atoms with Crippen LogP contribution in [0.15, 0.2) is 51.3 Å². The molecular formula is C18H21ClFN3O5S2. The molecule has 1 aromatic carbocycles. The van der Waals surface area contributed by atoms with Gasteiger partial charge in [-0.15, -0.1) is 0 Å². The number of hydrogen-bond acceptors (Lipinski definition) is 7. The maximum absolute atomic E-state index is 14.6. The number of hydrogen-bond donors (Lipinski definition) is 1. The number of pyridine rings is 1. The molecule has 0 bridgehead atoms. The number of nitrogens with two attached hydrogens (primary N) is 1. The molecular weight excluding hydrogens is 457 g/mol. The standard InChI is InChI=1S/C18H21ClFN3O5S2/c1-28-14-11-15(29(24,25)17-4-2-3-7-22-17)16(10-13(14)19)30(26,27)23-8-5-18(20,12-21)6-9-23/h2-4,7,10-11H,5-6,8-9,12,21H2,1H3/i/hT. The summed E-state index contributed by atoms with van der Waals surface area (Å²) < 4.78 is 80.9. The quantitative estimate of drug-likeness (QED) is 0.645. The van der Waals surface area contributed by atoms with Crippen LogP contribution in [0, 0.1) is 0 Å². The number of nitrogens with zero attached hydrogens (tertiary/aromatic N) is 2. The molecule has 0 spiro atoms. The second-order valence-corrected chi connectivity index (χ2v) is 11.0. The zero-order valence-electron chi connectivity index (χ0n) is 17.0. The summed E-state index contributed by atoms with van der Waals surface area (Å²) in [6, 6.07) is 6.31. The third kappa shape index (κ3) is 4.17. The molecule has 1 fully saturated rings. The molecule has 0 unspecified atom stereocenters. The van der Waals surface area contributed by atoms with Gasteiger partial charge in [-0.2, -0.15) is 4.31 Å². The van der Waals surface area contributed by atoms with E-state index in [9.17, 15) is 21.2 Å². The van der Waals surface area contributed by atoms with E-state index in [1.54, 1.807) is 0 Å². The minimum atomic E-state index is -4.34. The average molecular weight is 480 g/mol. The van der Waals surface area contributed by atoms with E-state index in [4.69, 9.17) is 17.7 Å². The van der Waals surface area contributed by atoms with Crippen LogP contribution in [0.5, 0.6) is 5.75 Å². The van der Waals surface area contributed by atoms with Crippen LogP contribution in [0.3, 0.4) is 0 Å². The summed E-state index contributed by atoms with van der Waals surface area (Å²) in [6.45, 7) is -0.574. The largest absolute Gasteiger partial charge is 0.495 e. The number of sulfone groups is 1. The number of aromatic nitrogens is 1. The molecule has 12 heteroatoms. The van der Waals surface area contributed by atoms with E-state index in [0.29, 0.717) is 0 Å². The second-order valence-electron chi connectivity index (χ2n) is 6.84. The summed E-state index contributed by atoms with van der Waals surface area (Å²) in [4.78, 5) is 2.77. The Labute approximate surface area is 181 Å². The van der Waals surface area contributed by atoms with Gasteiger partial charge in [-0.25, -0.2) is 26.2 Å². The second kappa shape index (κ2) is 8.39. The molecule has 1 aliphatic rings. The van der Waals surface area contributed by atoms with Gasteiger partial charge in [-0.05, 0) is 31.0 Å². The Bertz CT molecular complexity index is 1160. The number of halogens is 2. The highest BCUT2D eigenvalue weighted by atomic mass is 35.5. The van der Waals surface area contributed by atoms with Gasteiger partial charge >= 0.3 is 0 Å². The van der Waals surface area contributed by atoms with Crippen molar-refractivity contribution in [3.63, 3.8) is 0 Å². The third-order valence-corrected chi connectivity index (χ3v) is 9.05. The molecule has 0 amide bonds. The van der Waals surface area contributed by atoms with E-state index in [1.807, 2.05) is 5.73 Å². The molecule has 0 atom stereocenters. The normalized spacial score (nSPS) is 18.0. The average Bonchev–Trinajstić information content (AvgIpc) is 2.74. The zero-order chi connectivity index (χ0) is 22.9. The van der Waals surface area contributed by atoms with E-state index in [0.717, 1.165) is 16.4 Å². The number of piperidine rings is 1. The Morgan fingerprint density at radius 2 is 1.97 bits per heavy atom. The van der Waals surface area contributed by atoms with E-state index >= 15 is 0 Å². The van der Waals surface area contributed by atoms with Gasteiger partial charge < -0.3 is 10.5 Å². The number of alkyl halides is 1. The molecule has 3 rings (SSSR count). The Morgan fingerprint density at radius 3 is 2.53 bits per heavy atom. The Balaban J connectivity index is 2.10. The predicted octanol–water partition coefficient (Wildman–Crippen LogP) is 2.03. The maximum Gasteiger partial charge on any atom is 0.244 e. The molecule has 1 aliphatic heterocycles. The van der Waals surface area contributed by atoms with Crippen LogP contribution in [0.2, 0.25) is 6.43 Å². The fourth-order valence-corrected chi connectivity index (χ4v) is 6.89. The number of benzene rings is 1. The molecule has 2 N–H and O–H groups in total. The van der Waals surface area contributed by atoms with Gasteiger partial charge in [0.1, 0.15) is 17.7 Å². The van der Waals surface area contributed by atoms with Crippen LogP contribution < -0.4 is 10.5 Å². The Hall–Kier alpha value is -1.79. The van der Waals surface area contributed by atoms with Gasteiger partial charge in [-0.1, -0.05) is 17.7 Å². The van der Waals surface area contributed by atoms with Gasteiger partial charge in [0.15, 0.2) is 5.03 Å². The monoisotopic (exact) mass is 479 g/mol. The molecule has 2 aromatic rings. The van der Waals surface area contributed by atoms with Crippen molar-refractivity contribution in [1.29, 1.82) is 0 Å². The molecule has 0 saturated carbocycles. The molecule has 0 aliphatic carbocycles. The van der Waals surface area contributed by atoms with Crippen LogP contribution in [-0.4, -0.2) is 58.5 Å². The first-order valence-electron chi connectivity index (χ1n) is 9.42. The van der Waals surface area contributed by atoms with Crippen LogP contribution in [0.1, 0.15) is 12.8 Å². The summed E-state index contributed by atoms with van der Waals surface area (Å²) in [5, 5.41) is -0.421. The molecule has 164 valence electrons. The minimum absolute atomic E-state index is 0.0157. The van der Waals surface area contributed by atoms with Crippen molar-refractivity contribution in [3.05, 3.63) is 41.6 Å². The van der Waals surface area contributed by atoms with Gasteiger partial charge in [0.05, 0.1) is 17.0 Å². The smallest absolute Gasteiger partial charge is 0.244 e. The van der Waals surface area contributed by atoms with Crippen molar-refractivity contribution in [2.75, 3.05) is 26.7 Å². The van der Waals surface area contributed by atoms with Crippen LogP contribution in [0.25, 0.3) is 0 Å². The van der Waals surface area contributed by atoms with Gasteiger partial charge in [0.25, 0.3) is 0 Å². The highest BCUT2D eigenvalue weighted by molar-refractivity contribution is 7.93. The van der Waals surface area contributed by atoms with E-state index in [1.165, 1.54) is 31.5 Å². The lowest BCUT2D eigenvalue weighted by molar-refractivity contribution is 0.0972. The van der Waals surface area contributed by atoms with Gasteiger partial charge in [-0.3, -0.25) is 0 Å². The fourth-order valence-electron chi connectivity index (χ4n) is 3.15. The van der Waals surface area contributed by atoms with Crippen molar-refractivity contribution >= 4 is 31.5 Å². The lowest BCUT2D eigenvalue weighted by Gasteiger charge is -2.35. The molecule has 1 saturated heterocycles. The van der Waals surface area contributed by atoms with Crippen LogP contribution in [0.4, 0.5) is 4.39 Å². The summed E-state index contributed by atoms with van der Waals surface area (Å²) in [5.41, 5.74) is 0.306. The molecule has 2 heterocycles. The van der Waals surface area contributed by atoms with Crippen molar-refractivity contribution in [2.24, 2.45) is 5.73 Å². The van der Waals surface area contributed by atoms with E-state index in [-0.39, 0.29) is 48.3 Å². The summed E-state index contributed by atoms with van der Waals surface area (Å²) >= 11 is 6.12. The van der Waals surface area contributed by atoms with Crippen molar-refractivity contribution in [3.8, 4) is 5.75 Å². The first-order valence-corrected chi connectivity index (χ1v) is 12.2. The molecule has 0 radical (unpaired) electrons. The number of ether oxygens (including phenoxy) is 1. The van der Waals surface area contributed by atoms with Crippen molar-refractivity contribution in [2.45, 2.75) is 33.3 Å². The fraction of sp³-hybridized carbons (Fsp3) is 0.389. The Morgan fingerprint density at radius 1 is 1.27 bits per heavy atom. The SMILES string of the molecule is [3H]NCC1(F)CCN(S(=O)(=O)c2cc(Cl)c(OC)cc2S(=O)(=O)c2ccccn2)CC1. The lowest BCUT2D eigenvalue weighted by Crippen LogP contribution is -2.47. The van der Waals surface area contributed by atoms with E-state index in [2.05, 4.69) is 4.98 Å². The van der Waals surface area contributed by atoms with Gasteiger partial charge in [0.2, 0.25) is 19.9 Å². The first-order chi connectivity index (χ1) is 14.5. The first kappa shape index (κ1) is 21.4. The van der Waals surface area contributed by atoms with Crippen LogP contribution in [-0.2, 0) is 19.9 Å². The van der Waals surface area contributed by atoms with Crippen LogP contribution >= 0.6 is 11.6 Å². The van der Waals surface area contributed by atoms with Gasteiger partial charge in [0, 0.05) is 31.9 Å². The number of sulfonamides is 1. The number of rotatable bonds is 7. The molecule has 8 nitrogen and oxygen atoms in total. The summed E-state index contributed by atoms with van der Waals surface area (Å²) in [6.07, 6.45) is 1.01. The highest BCUT2D eigenvalue weighted by Gasteiger charge is 2.40. The predicted molar refractivity (Wildman–Crippen MR) is 109 cm³/mol. The maximum atomic E-state index is 14.6. The van der Waals surface area contributed by atoms with Crippen molar-refractivity contribution < 1.29 is 27.4 Å². The van der Waals surface area contributed by atoms with E-state index < -0.39 is 35.3 Å². The highest BCUT2D eigenvalue weighted by Crippen LogP contribution is 2.38. The topological polar surface area (TPSA) is 120 Å². The minimum Gasteiger partial charge on any atom is -0.495 e. The number of methoxy groups -OCH3 is 1. The molecule has 30 heavy (non-hydrogen) atoms. The molecule has 1 aromatic heterocycles. The third-order valence-electron chi connectivity index (χ3n) is 4.97. The lowest BCUT2D eigenvalue weighted by atomic mass is 9.95. The Kier molecular flexibility index (Phi) is 5.99. The summed E-state index contributed by atoms with van der Waals surface area (Å²) in [5.74, 6) is -0.0157. The van der Waals surface area contributed by atoms with Crippen molar-refractivity contribution in [1.82, 2.24) is 9.29 Å².